The molecule has 1 N–H and O–H groups in total. The first-order chi connectivity index (χ1) is 21.8. The molecule has 2 aromatic rings. The summed E-state index contributed by atoms with van der Waals surface area (Å²) in [6.07, 6.45) is 9.44. The number of rotatable bonds is 7. The van der Waals surface area contributed by atoms with Crippen LogP contribution in [0.25, 0.3) is 0 Å². The van der Waals surface area contributed by atoms with Gasteiger partial charge in [-0.25, -0.2) is 5.48 Å². The number of piperazine rings is 1. The predicted molar refractivity (Wildman–Crippen MR) is 175 cm³/mol. The molecular weight excluding hydrogens is 613 g/mol. The Morgan fingerprint density at radius 2 is 1.80 bits per heavy atom. The Kier molecular flexibility index (Phi) is 9.90. The van der Waals surface area contributed by atoms with Crippen LogP contribution < -0.4 is 5.48 Å². The average Bonchev–Trinajstić information content (AvgIpc) is 3.05. The SMILES string of the molecule is CN1CCN(C(=O)C2CCCCC2N2C(=O)c3ccccc3C(C(=O)NOCC3CC=CC=N3)C2c2ccc(Cl)cc2Cl)CC1. The molecule has 0 bridgehead atoms. The zero-order valence-corrected chi connectivity index (χ0v) is 26.9. The summed E-state index contributed by atoms with van der Waals surface area (Å²) in [6, 6.07) is 11.0. The number of halogens is 2. The highest BCUT2D eigenvalue weighted by Crippen LogP contribution is 2.48. The summed E-state index contributed by atoms with van der Waals surface area (Å²) in [7, 11) is 2.06. The molecule has 0 aromatic heterocycles. The monoisotopic (exact) mass is 651 g/mol. The van der Waals surface area contributed by atoms with Gasteiger partial charge in [0.05, 0.1) is 30.5 Å². The van der Waals surface area contributed by atoms with E-state index in [4.69, 9.17) is 28.0 Å². The molecule has 1 saturated heterocycles. The van der Waals surface area contributed by atoms with Crippen molar-refractivity contribution in [2.75, 3.05) is 39.8 Å². The van der Waals surface area contributed by atoms with E-state index >= 15 is 0 Å². The standard InChI is InChI=1S/C34H39Cl2N5O4/c1-39-16-18-40(19-17-39)33(43)27-11-4-5-12-29(27)41-31(26-14-13-22(35)20-28(26)36)30(24-9-2-3-10-25(24)34(41)44)32(42)38-45-21-23-8-6-7-15-37-23/h2-3,6-7,9-10,13-15,20,23,27,29-31H,4-5,8,11-12,16-19,21H2,1H3,(H,38,42). The Morgan fingerprint density at radius 1 is 1.02 bits per heavy atom. The number of allylic oxidation sites excluding steroid dienone is 1. The minimum absolute atomic E-state index is 0.0758. The Morgan fingerprint density at radius 3 is 2.56 bits per heavy atom. The maximum Gasteiger partial charge on any atom is 0.254 e. The highest BCUT2D eigenvalue weighted by atomic mass is 35.5. The van der Waals surface area contributed by atoms with Gasteiger partial charge in [0.1, 0.15) is 0 Å². The number of dihydropyridines is 1. The number of amides is 3. The molecule has 3 amide bonds. The normalized spacial score (nSPS) is 26.9. The molecular formula is C34H39Cl2N5O4. The molecule has 11 heteroatoms. The summed E-state index contributed by atoms with van der Waals surface area (Å²) in [5.41, 5.74) is 4.31. The Hall–Kier alpha value is -3.24. The van der Waals surface area contributed by atoms with E-state index in [2.05, 4.69) is 22.4 Å². The second-order valence-electron chi connectivity index (χ2n) is 12.4. The molecule has 3 heterocycles. The van der Waals surface area contributed by atoms with Crippen molar-refractivity contribution in [2.45, 2.75) is 56.1 Å². The van der Waals surface area contributed by atoms with Gasteiger partial charge in [-0.1, -0.05) is 66.4 Å². The number of benzene rings is 2. The molecule has 2 aromatic carbocycles. The summed E-state index contributed by atoms with van der Waals surface area (Å²) in [5, 5.41) is 0.800. The topological polar surface area (TPSA) is 94.5 Å². The van der Waals surface area contributed by atoms with Crippen molar-refractivity contribution in [3.8, 4) is 0 Å². The highest BCUT2D eigenvalue weighted by molar-refractivity contribution is 6.35. The number of likely N-dealkylation sites (N-methyl/N-ethyl adjacent to an activating group) is 1. The van der Waals surface area contributed by atoms with Gasteiger partial charge in [0.15, 0.2) is 0 Å². The van der Waals surface area contributed by atoms with Gasteiger partial charge in [-0.2, -0.15) is 0 Å². The van der Waals surface area contributed by atoms with E-state index in [1.54, 1.807) is 41.4 Å². The number of aliphatic imine (C=N–C) groups is 1. The van der Waals surface area contributed by atoms with Gasteiger partial charge in [0.25, 0.3) is 11.8 Å². The summed E-state index contributed by atoms with van der Waals surface area (Å²) in [5.74, 6) is -1.77. The number of carbonyl (C=O) groups is 3. The van der Waals surface area contributed by atoms with Gasteiger partial charge >= 0.3 is 0 Å². The van der Waals surface area contributed by atoms with Crippen LogP contribution in [0.2, 0.25) is 10.0 Å². The number of nitrogens with one attached hydrogen (secondary N) is 1. The second-order valence-corrected chi connectivity index (χ2v) is 13.2. The number of hydrogen-bond donors (Lipinski definition) is 1. The third-order valence-electron chi connectivity index (χ3n) is 9.53. The molecule has 0 radical (unpaired) electrons. The van der Waals surface area contributed by atoms with Gasteiger partial charge in [-0.15, -0.1) is 0 Å². The molecule has 5 atom stereocenters. The summed E-state index contributed by atoms with van der Waals surface area (Å²) < 4.78 is 0. The van der Waals surface area contributed by atoms with Crippen LogP contribution >= 0.6 is 23.2 Å². The van der Waals surface area contributed by atoms with E-state index in [9.17, 15) is 14.4 Å². The Bertz CT molecular complexity index is 1490. The van der Waals surface area contributed by atoms with Gasteiger partial charge in [-0.3, -0.25) is 24.2 Å². The average molecular weight is 653 g/mol. The number of fused-ring (bicyclic) bond motifs is 1. The van der Waals surface area contributed by atoms with Crippen molar-refractivity contribution >= 4 is 47.1 Å². The molecule has 45 heavy (non-hydrogen) atoms. The van der Waals surface area contributed by atoms with Crippen LogP contribution in [-0.4, -0.2) is 90.6 Å². The number of hydrogen-bond acceptors (Lipinski definition) is 6. The third kappa shape index (κ3) is 6.68. The zero-order chi connectivity index (χ0) is 31.5. The van der Waals surface area contributed by atoms with Crippen molar-refractivity contribution in [1.82, 2.24) is 20.2 Å². The lowest BCUT2D eigenvalue weighted by Gasteiger charge is -2.49. The number of hydroxylamine groups is 1. The number of carbonyl (C=O) groups excluding carboxylic acids is 3. The van der Waals surface area contributed by atoms with E-state index < -0.39 is 23.9 Å². The molecule has 2 fully saturated rings. The smallest absolute Gasteiger partial charge is 0.254 e. The van der Waals surface area contributed by atoms with Gasteiger partial charge in [0, 0.05) is 54.0 Å². The predicted octanol–water partition coefficient (Wildman–Crippen LogP) is 5.05. The Balaban J connectivity index is 1.39. The lowest BCUT2D eigenvalue weighted by molar-refractivity contribution is -0.141. The van der Waals surface area contributed by atoms with Crippen molar-refractivity contribution in [3.05, 3.63) is 81.4 Å². The fourth-order valence-electron chi connectivity index (χ4n) is 7.18. The third-order valence-corrected chi connectivity index (χ3v) is 10.1. The van der Waals surface area contributed by atoms with E-state index in [1.165, 1.54) is 0 Å². The second kappa shape index (κ2) is 14.0. The molecule has 6 rings (SSSR count). The molecule has 1 aliphatic carbocycles. The first kappa shape index (κ1) is 31.7. The van der Waals surface area contributed by atoms with Crippen LogP contribution in [-0.2, 0) is 14.4 Å². The highest BCUT2D eigenvalue weighted by Gasteiger charge is 2.50. The summed E-state index contributed by atoms with van der Waals surface area (Å²) in [4.78, 5) is 59.0. The molecule has 4 aliphatic rings. The summed E-state index contributed by atoms with van der Waals surface area (Å²) >= 11 is 13.2. The molecule has 1 saturated carbocycles. The quantitative estimate of drug-likeness (QED) is 0.423. The summed E-state index contributed by atoms with van der Waals surface area (Å²) in [6.45, 7) is 3.15. The Labute approximate surface area is 274 Å². The molecule has 238 valence electrons. The van der Waals surface area contributed by atoms with Crippen LogP contribution in [0.15, 0.2) is 59.6 Å². The van der Waals surface area contributed by atoms with Gasteiger partial charge in [0.2, 0.25) is 5.91 Å². The maximum absolute atomic E-state index is 14.6. The minimum atomic E-state index is -0.853. The first-order valence-corrected chi connectivity index (χ1v) is 16.5. The van der Waals surface area contributed by atoms with Crippen molar-refractivity contribution in [1.29, 1.82) is 0 Å². The minimum Gasteiger partial charge on any atom is -0.340 e. The van der Waals surface area contributed by atoms with Crippen LogP contribution in [0.5, 0.6) is 0 Å². The largest absolute Gasteiger partial charge is 0.340 e. The van der Waals surface area contributed by atoms with Crippen LogP contribution in [0.3, 0.4) is 0 Å². The van der Waals surface area contributed by atoms with E-state index in [0.717, 1.165) is 25.9 Å². The molecule has 9 nitrogen and oxygen atoms in total. The number of nitrogens with zero attached hydrogens (tertiary/aromatic N) is 4. The zero-order valence-electron chi connectivity index (χ0n) is 25.4. The van der Waals surface area contributed by atoms with Crippen molar-refractivity contribution in [2.24, 2.45) is 10.9 Å². The van der Waals surface area contributed by atoms with E-state index in [-0.39, 0.29) is 30.4 Å². The van der Waals surface area contributed by atoms with E-state index in [0.29, 0.717) is 59.1 Å². The van der Waals surface area contributed by atoms with Crippen LogP contribution in [0.1, 0.15) is 65.5 Å². The van der Waals surface area contributed by atoms with Gasteiger partial charge in [-0.05, 0) is 61.7 Å². The van der Waals surface area contributed by atoms with Gasteiger partial charge < -0.3 is 14.7 Å². The fourth-order valence-corrected chi connectivity index (χ4v) is 7.70. The molecule has 0 spiro atoms. The lowest BCUT2D eigenvalue weighted by atomic mass is 9.74. The van der Waals surface area contributed by atoms with Crippen LogP contribution in [0, 0.1) is 5.92 Å². The van der Waals surface area contributed by atoms with Crippen molar-refractivity contribution < 1.29 is 19.2 Å². The lowest BCUT2D eigenvalue weighted by Crippen LogP contribution is -2.58. The fraction of sp³-hybridized carbons (Fsp3) is 0.471. The maximum atomic E-state index is 14.6. The first-order valence-electron chi connectivity index (χ1n) is 15.8. The molecule has 3 aliphatic heterocycles. The van der Waals surface area contributed by atoms with Crippen molar-refractivity contribution in [3.63, 3.8) is 0 Å². The molecule has 5 unspecified atom stereocenters. The van der Waals surface area contributed by atoms with Crippen LogP contribution in [0.4, 0.5) is 0 Å². The van der Waals surface area contributed by atoms with E-state index in [1.807, 2.05) is 29.2 Å².